The lowest BCUT2D eigenvalue weighted by atomic mass is 9.99. The largest absolute Gasteiger partial charge is 0.507 e. The normalized spacial score (nSPS) is 20.0. The Morgan fingerprint density at radius 3 is 2.31 bits per heavy atom. The summed E-state index contributed by atoms with van der Waals surface area (Å²) in [6.07, 6.45) is 3.63. The van der Waals surface area contributed by atoms with Crippen molar-refractivity contribution >= 4 is 35.7 Å². The number of hydrogen-bond acceptors (Lipinski definition) is 9. The molecule has 4 aliphatic rings. The molecule has 4 aliphatic heterocycles. The Bertz CT molecular complexity index is 1610. The number of likely N-dealkylation sites (tertiary alicyclic amines) is 2. The molecule has 14 heteroatoms. The fourth-order valence-electron chi connectivity index (χ4n) is 7.82. The van der Waals surface area contributed by atoms with Crippen molar-refractivity contribution in [3.63, 3.8) is 0 Å². The van der Waals surface area contributed by atoms with E-state index >= 15 is 0 Å². The zero-order chi connectivity index (χ0) is 36.8. The molecular weight excluding hydrogens is 666 g/mol. The van der Waals surface area contributed by atoms with Crippen LogP contribution in [0.3, 0.4) is 0 Å². The highest BCUT2D eigenvalue weighted by atomic mass is 16.6. The van der Waals surface area contributed by atoms with Crippen LogP contribution in [0.4, 0.5) is 15.3 Å². The van der Waals surface area contributed by atoms with Gasteiger partial charge in [-0.1, -0.05) is 36.9 Å². The van der Waals surface area contributed by atoms with Crippen LogP contribution in [-0.4, -0.2) is 154 Å². The van der Waals surface area contributed by atoms with E-state index < -0.39 is 12.2 Å². The molecule has 5 amide bonds. The van der Waals surface area contributed by atoms with Gasteiger partial charge in [-0.3, -0.25) is 24.6 Å². The molecule has 52 heavy (non-hydrogen) atoms. The summed E-state index contributed by atoms with van der Waals surface area (Å²) in [6.45, 7) is 9.51. The highest BCUT2D eigenvalue weighted by Gasteiger charge is 2.36. The zero-order valence-corrected chi connectivity index (χ0v) is 30.0. The van der Waals surface area contributed by atoms with Gasteiger partial charge < -0.3 is 29.9 Å². The van der Waals surface area contributed by atoms with Gasteiger partial charge in [-0.2, -0.15) is 0 Å². The first-order chi connectivity index (χ1) is 25.1. The number of phenolic OH excluding ortho intramolecular Hbond substituents is 1. The van der Waals surface area contributed by atoms with Crippen molar-refractivity contribution in [1.29, 1.82) is 0 Å². The van der Waals surface area contributed by atoms with Crippen molar-refractivity contribution in [3.05, 3.63) is 65.7 Å². The number of nitrogens with one attached hydrogen (secondary N) is 1. The molecular formula is C38H51N7O7. The number of hydrogen-bond donors (Lipinski definition) is 3. The van der Waals surface area contributed by atoms with E-state index in [9.17, 15) is 29.5 Å². The second kappa shape index (κ2) is 16.8. The smallest absolute Gasteiger partial charge is 0.410 e. The second-order valence-electron chi connectivity index (χ2n) is 14.2. The number of piperidine rings is 2. The number of nitrogens with zero attached hydrogens (tertiary/aromatic N) is 6. The van der Waals surface area contributed by atoms with Crippen LogP contribution in [0.5, 0.6) is 5.75 Å². The maximum absolute atomic E-state index is 14.1. The number of fused-ring (bicyclic) bond motifs is 1. The van der Waals surface area contributed by atoms with Crippen LogP contribution in [0.25, 0.3) is 6.08 Å². The Morgan fingerprint density at radius 2 is 1.62 bits per heavy atom. The minimum absolute atomic E-state index is 0.0147. The van der Waals surface area contributed by atoms with E-state index in [-0.39, 0.29) is 42.6 Å². The summed E-state index contributed by atoms with van der Waals surface area (Å²) in [7, 11) is 1.34. The molecule has 0 bridgehead atoms. The number of piperazine rings is 1. The van der Waals surface area contributed by atoms with Gasteiger partial charge in [0.25, 0.3) is 11.8 Å². The highest BCUT2D eigenvalue weighted by Crippen LogP contribution is 2.27. The second-order valence-corrected chi connectivity index (χ2v) is 14.2. The molecule has 14 nitrogen and oxygen atoms in total. The molecule has 0 spiro atoms. The van der Waals surface area contributed by atoms with Gasteiger partial charge in [0.2, 0.25) is 0 Å². The van der Waals surface area contributed by atoms with Crippen LogP contribution in [0.15, 0.2) is 49.0 Å². The van der Waals surface area contributed by atoms with Crippen molar-refractivity contribution in [2.45, 2.75) is 56.7 Å². The Kier molecular flexibility index (Phi) is 12.0. The quantitative estimate of drug-likeness (QED) is 0.263. The fraction of sp³-hybridized carbons (Fsp3) is 0.526. The summed E-state index contributed by atoms with van der Waals surface area (Å²) in [5.41, 5.74) is 3.22. The molecule has 4 heterocycles. The summed E-state index contributed by atoms with van der Waals surface area (Å²) < 4.78 is 6.03. The van der Waals surface area contributed by atoms with Gasteiger partial charge in [0.15, 0.2) is 6.10 Å². The molecule has 2 aromatic carbocycles. The Balaban J connectivity index is 1.05. The number of hydroxylamine groups is 2. The van der Waals surface area contributed by atoms with Gasteiger partial charge >= 0.3 is 12.1 Å². The standard InChI is InChI=1S/C38H51N7O7/c1-3-28-24-27(8-9-33(28)46)25-34(36(48)43-15-11-30(12-16-43)42-22-20-41(21-23-42)26-35(47)40(2)51)52-38(50)44-17-13-31(14-18-44)45-19-10-29-6-4-5-7-32(29)39-37(45)49/h3-9,24,30-31,34,46,51H,1,10-23,25-26H2,2H3,(H,39,49)/t34-/m1/s1. The molecule has 1 atom stereocenters. The van der Waals surface area contributed by atoms with Gasteiger partial charge in [-0.25, -0.2) is 14.7 Å². The van der Waals surface area contributed by atoms with Crippen LogP contribution in [0, 0.1) is 0 Å². The minimum atomic E-state index is -1.05. The number of urea groups is 1. The number of carbonyl (C=O) groups is 4. The lowest BCUT2D eigenvalue weighted by molar-refractivity contribution is -0.161. The van der Waals surface area contributed by atoms with Gasteiger partial charge in [0.1, 0.15) is 5.75 Å². The number of benzene rings is 2. The van der Waals surface area contributed by atoms with E-state index in [2.05, 4.69) is 16.8 Å². The summed E-state index contributed by atoms with van der Waals surface area (Å²) in [5.74, 6) is -0.493. The number of rotatable bonds is 9. The molecule has 0 unspecified atom stereocenters. The first-order valence-electron chi connectivity index (χ1n) is 18.4. The van der Waals surface area contributed by atoms with Crippen LogP contribution < -0.4 is 5.32 Å². The molecule has 0 aromatic heterocycles. The van der Waals surface area contributed by atoms with Gasteiger partial charge in [0.05, 0.1) is 6.54 Å². The Labute approximate surface area is 305 Å². The van der Waals surface area contributed by atoms with Crippen molar-refractivity contribution < 1.29 is 34.2 Å². The minimum Gasteiger partial charge on any atom is -0.507 e. The van der Waals surface area contributed by atoms with Crippen molar-refractivity contribution in [2.24, 2.45) is 0 Å². The van der Waals surface area contributed by atoms with E-state index in [4.69, 9.17) is 4.74 Å². The van der Waals surface area contributed by atoms with E-state index in [1.807, 2.05) is 34.1 Å². The predicted molar refractivity (Wildman–Crippen MR) is 195 cm³/mol. The Morgan fingerprint density at radius 1 is 0.942 bits per heavy atom. The van der Waals surface area contributed by atoms with E-state index in [0.717, 1.165) is 62.3 Å². The number of amides is 5. The average molecular weight is 718 g/mol. The monoisotopic (exact) mass is 717 g/mol. The molecule has 0 aliphatic carbocycles. The number of carbonyl (C=O) groups excluding carboxylic acids is 4. The van der Waals surface area contributed by atoms with Crippen LogP contribution in [0.2, 0.25) is 0 Å². The number of para-hydroxylation sites is 1. The molecule has 0 radical (unpaired) electrons. The van der Waals surface area contributed by atoms with Crippen molar-refractivity contribution in [2.75, 3.05) is 77.8 Å². The molecule has 280 valence electrons. The molecule has 3 fully saturated rings. The van der Waals surface area contributed by atoms with Crippen LogP contribution in [-0.2, 0) is 27.2 Å². The predicted octanol–water partition coefficient (Wildman–Crippen LogP) is 3.09. The van der Waals surface area contributed by atoms with E-state index in [1.165, 1.54) is 7.05 Å². The Hall–Kier alpha value is -4.66. The van der Waals surface area contributed by atoms with Gasteiger partial charge in [-0.05, 0) is 61.4 Å². The maximum atomic E-state index is 14.1. The summed E-state index contributed by atoms with van der Waals surface area (Å²) in [5, 5.41) is 23.3. The van der Waals surface area contributed by atoms with Crippen molar-refractivity contribution in [3.8, 4) is 5.75 Å². The van der Waals surface area contributed by atoms with Crippen LogP contribution in [0.1, 0.15) is 42.4 Å². The summed E-state index contributed by atoms with van der Waals surface area (Å²) >= 11 is 0. The molecule has 3 saturated heterocycles. The third kappa shape index (κ3) is 8.85. The number of phenols is 1. The first kappa shape index (κ1) is 37.1. The lowest BCUT2D eigenvalue weighted by Crippen LogP contribution is -2.56. The SMILES string of the molecule is C=Cc1cc(C[C@@H](OC(=O)N2CCC(N3CCc4ccccc4NC3=O)CC2)C(=O)N2CCC(N3CCN(CC(=O)N(C)O)CC3)CC2)ccc1O. The lowest BCUT2D eigenvalue weighted by Gasteiger charge is -2.43. The zero-order valence-electron chi connectivity index (χ0n) is 30.0. The number of ether oxygens (including phenoxy) is 1. The highest BCUT2D eigenvalue weighted by molar-refractivity contribution is 5.91. The molecule has 2 aromatic rings. The number of anilines is 1. The third-order valence-corrected chi connectivity index (χ3v) is 11.0. The third-order valence-electron chi connectivity index (χ3n) is 11.0. The van der Waals surface area contributed by atoms with Gasteiger partial charge in [-0.15, -0.1) is 0 Å². The summed E-state index contributed by atoms with van der Waals surface area (Å²) in [4.78, 5) is 62.5. The number of likely N-dealkylation sites (N-methyl/N-ethyl adjacent to an activating group) is 1. The van der Waals surface area contributed by atoms with E-state index in [0.29, 0.717) is 62.2 Å². The summed E-state index contributed by atoms with van der Waals surface area (Å²) in [6, 6.07) is 13.0. The van der Waals surface area contributed by atoms with Crippen molar-refractivity contribution in [1.82, 2.24) is 29.6 Å². The fourth-order valence-corrected chi connectivity index (χ4v) is 7.82. The molecule has 6 rings (SSSR count). The first-order valence-corrected chi connectivity index (χ1v) is 18.4. The molecule has 0 saturated carbocycles. The van der Waals surface area contributed by atoms with Crippen LogP contribution >= 0.6 is 0 Å². The van der Waals surface area contributed by atoms with Gasteiger partial charge in [0, 0.05) is 95.7 Å². The number of aromatic hydroxyl groups is 1. The van der Waals surface area contributed by atoms with E-state index in [1.54, 1.807) is 34.1 Å². The maximum Gasteiger partial charge on any atom is 0.410 e. The topological polar surface area (TPSA) is 149 Å². The average Bonchev–Trinajstić information content (AvgIpc) is 3.33. The molecule has 3 N–H and O–H groups in total.